The zero-order valence-corrected chi connectivity index (χ0v) is 33.9. The highest BCUT2D eigenvalue weighted by Crippen LogP contribution is 2.46. The van der Waals surface area contributed by atoms with Crippen LogP contribution in [0.25, 0.3) is 0 Å². The van der Waals surface area contributed by atoms with Gasteiger partial charge in [0, 0.05) is 42.9 Å². The minimum atomic E-state index is -4.80. The van der Waals surface area contributed by atoms with Crippen LogP contribution in [0.4, 0.5) is 33.7 Å². The average Bonchev–Trinajstić information content (AvgIpc) is 3.71. The molecule has 2 aliphatic rings. The van der Waals surface area contributed by atoms with Gasteiger partial charge in [0.15, 0.2) is 0 Å². The molecule has 9 nitrogen and oxygen atoms in total. The fraction of sp³-hybridized carbons (Fsp3) is 0.404. The van der Waals surface area contributed by atoms with Crippen LogP contribution in [0.15, 0.2) is 97.1 Å². The highest BCUT2D eigenvalue weighted by Gasteiger charge is 2.58. The summed E-state index contributed by atoms with van der Waals surface area (Å²) in [6, 6.07) is 26.1. The molecule has 2 atom stereocenters. The van der Waals surface area contributed by atoms with Crippen LogP contribution in [-0.4, -0.2) is 58.9 Å². The third kappa shape index (κ3) is 11.3. The van der Waals surface area contributed by atoms with Crippen molar-refractivity contribution < 1.29 is 41.5 Å². The lowest BCUT2D eigenvalue weighted by atomic mass is 9.94. The predicted octanol–water partition coefficient (Wildman–Crippen LogP) is 9.88. The average molecular weight is 829 g/mol. The molecule has 1 aliphatic carbocycles. The largest absolute Gasteiger partial charge is 0.427 e. The SMILES string of the molecule is C[C@H](N(Cc1ccc(F)cc1)C(=O)CN1C(=O)O[C@@]2(CCc3cc(NCCc4ccc(NC(=O)CCCCCCCCCc5ccccc5)cc4)ccc32)C1=O)C(F)(F)F. The van der Waals surface area contributed by atoms with Crippen molar-refractivity contribution in [1.29, 1.82) is 0 Å². The number of anilines is 2. The van der Waals surface area contributed by atoms with Crippen LogP contribution in [0.5, 0.6) is 0 Å². The van der Waals surface area contributed by atoms with Crippen molar-refractivity contribution in [3.63, 3.8) is 0 Å². The molecule has 0 saturated carbocycles. The van der Waals surface area contributed by atoms with Crippen molar-refractivity contribution in [3.05, 3.63) is 131 Å². The van der Waals surface area contributed by atoms with Crippen molar-refractivity contribution in [3.8, 4) is 0 Å². The molecule has 1 spiro atoms. The summed E-state index contributed by atoms with van der Waals surface area (Å²) in [5, 5.41) is 6.37. The summed E-state index contributed by atoms with van der Waals surface area (Å²) in [5.74, 6) is -2.49. The van der Waals surface area contributed by atoms with Crippen LogP contribution in [0.2, 0.25) is 0 Å². The van der Waals surface area contributed by atoms with E-state index in [9.17, 15) is 36.7 Å². The summed E-state index contributed by atoms with van der Waals surface area (Å²) < 4.78 is 60.5. The van der Waals surface area contributed by atoms with Gasteiger partial charge < -0.3 is 20.3 Å². The Kier molecular flexibility index (Phi) is 14.6. The monoisotopic (exact) mass is 828 g/mol. The second-order valence-electron chi connectivity index (χ2n) is 15.7. The van der Waals surface area contributed by atoms with E-state index in [4.69, 9.17) is 4.74 Å². The van der Waals surface area contributed by atoms with Gasteiger partial charge in [-0.1, -0.05) is 92.8 Å². The van der Waals surface area contributed by atoms with Crippen LogP contribution in [0.1, 0.15) is 92.5 Å². The number of unbranched alkanes of at least 4 members (excludes halogenated alkanes) is 6. The van der Waals surface area contributed by atoms with Gasteiger partial charge in [-0.3, -0.25) is 14.4 Å². The zero-order chi connectivity index (χ0) is 42.7. The van der Waals surface area contributed by atoms with E-state index in [1.165, 1.54) is 43.4 Å². The third-order valence-corrected chi connectivity index (χ3v) is 11.4. The standard InChI is InChI=1S/C47H52F4N4O5/c1-33(47(49,50)51)54(31-36-16-20-38(48)21-17-36)43(57)32-55-44(58)46(60-45(55)59)28-26-37-30-40(24-25-41(37)46)52-29-27-35-18-22-39(23-19-35)53-42(56)15-11-6-4-2-3-5-8-12-34-13-9-7-10-14-34/h7,9-10,13-14,16-25,30,33,52H,2-6,8,11-12,15,26-29,31-32H2,1H3,(H,53,56)/t33-,46+/m0/s1. The maximum absolute atomic E-state index is 13.8. The van der Waals surface area contributed by atoms with Crippen molar-refractivity contribution in [2.24, 2.45) is 0 Å². The molecular formula is C47H52F4N4O5. The molecule has 60 heavy (non-hydrogen) atoms. The van der Waals surface area contributed by atoms with Crippen LogP contribution < -0.4 is 10.6 Å². The quantitative estimate of drug-likeness (QED) is 0.0679. The minimum absolute atomic E-state index is 0.0154. The van der Waals surface area contributed by atoms with Crippen LogP contribution in [0, 0.1) is 5.82 Å². The van der Waals surface area contributed by atoms with Gasteiger partial charge in [-0.25, -0.2) is 14.1 Å². The number of benzene rings is 4. The van der Waals surface area contributed by atoms with E-state index in [-0.39, 0.29) is 17.9 Å². The van der Waals surface area contributed by atoms with Gasteiger partial charge in [0.1, 0.15) is 18.4 Å². The van der Waals surface area contributed by atoms with Crippen LogP contribution in [0.3, 0.4) is 0 Å². The second kappa shape index (κ2) is 20.0. The normalized spacial score (nSPS) is 16.4. The van der Waals surface area contributed by atoms with E-state index in [1.807, 2.05) is 36.4 Å². The van der Waals surface area contributed by atoms with Gasteiger partial charge in [-0.15, -0.1) is 0 Å². The molecule has 4 aromatic carbocycles. The third-order valence-electron chi connectivity index (χ3n) is 11.4. The van der Waals surface area contributed by atoms with Gasteiger partial charge in [-0.05, 0) is 97.7 Å². The Balaban J connectivity index is 0.927. The molecule has 13 heteroatoms. The number of nitrogens with one attached hydrogen (secondary N) is 2. The van der Waals surface area contributed by atoms with Crippen molar-refractivity contribution in [2.75, 3.05) is 23.7 Å². The van der Waals surface area contributed by atoms with E-state index < -0.39 is 54.6 Å². The first-order valence-corrected chi connectivity index (χ1v) is 20.8. The van der Waals surface area contributed by atoms with E-state index in [2.05, 4.69) is 34.9 Å². The number of hydrogen-bond acceptors (Lipinski definition) is 6. The van der Waals surface area contributed by atoms with E-state index >= 15 is 0 Å². The Morgan fingerprint density at radius 2 is 1.43 bits per heavy atom. The summed E-state index contributed by atoms with van der Waals surface area (Å²) in [4.78, 5) is 53.7. The number of halogens is 4. The number of amides is 4. The Morgan fingerprint density at radius 1 is 0.800 bits per heavy atom. The number of carbonyl (C=O) groups is 4. The van der Waals surface area contributed by atoms with Gasteiger partial charge in [0.25, 0.3) is 5.91 Å². The van der Waals surface area contributed by atoms with Gasteiger partial charge >= 0.3 is 12.3 Å². The van der Waals surface area contributed by atoms with Gasteiger partial charge in [0.2, 0.25) is 17.4 Å². The molecule has 0 unspecified atom stereocenters. The molecule has 2 N–H and O–H groups in total. The molecule has 1 fully saturated rings. The van der Waals surface area contributed by atoms with Crippen molar-refractivity contribution in [1.82, 2.24) is 9.80 Å². The van der Waals surface area contributed by atoms with Crippen molar-refractivity contribution >= 4 is 35.2 Å². The first kappa shape index (κ1) is 43.8. The molecule has 6 rings (SSSR count). The molecule has 1 heterocycles. The molecule has 1 aliphatic heterocycles. The van der Waals surface area contributed by atoms with Gasteiger partial charge in [0.05, 0.1) is 0 Å². The second-order valence-corrected chi connectivity index (χ2v) is 15.7. The summed E-state index contributed by atoms with van der Waals surface area (Å²) in [6.45, 7) is -0.0538. The number of hydrogen-bond donors (Lipinski definition) is 2. The highest BCUT2D eigenvalue weighted by molar-refractivity contribution is 6.06. The number of carbonyl (C=O) groups excluding carboxylic acids is 4. The number of ether oxygens (including phenoxy) is 1. The number of nitrogens with zero attached hydrogens (tertiary/aromatic N) is 2. The summed E-state index contributed by atoms with van der Waals surface area (Å²) in [7, 11) is 0. The molecule has 4 amide bonds. The number of rotatable bonds is 20. The Labute approximate surface area is 348 Å². The highest BCUT2D eigenvalue weighted by atomic mass is 19.4. The first-order chi connectivity index (χ1) is 28.8. The maximum atomic E-state index is 13.8. The van der Waals surface area contributed by atoms with Crippen LogP contribution in [-0.2, 0) is 50.5 Å². The van der Waals surface area contributed by atoms with Crippen LogP contribution >= 0.6 is 0 Å². The Bertz CT molecular complexity index is 2100. The van der Waals surface area contributed by atoms with Gasteiger partial charge in [-0.2, -0.15) is 13.2 Å². The maximum Gasteiger partial charge on any atom is 0.418 e. The lowest BCUT2D eigenvalue weighted by Crippen LogP contribution is -2.51. The number of imide groups is 1. The lowest BCUT2D eigenvalue weighted by Gasteiger charge is -2.31. The molecular weight excluding hydrogens is 777 g/mol. The summed E-state index contributed by atoms with van der Waals surface area (Å²) in [6.07, 6.45) is 4.89. The molecule has 0 radical (unpaired) electrons. The fourth-order valence-electron chi connectivity index (χ4n) is 7.87. The molecule has 0 aromatic heterocycles. The van der Waals surface area contributed by atoms with E-state index in [0.717, 1.165) is 67.2 Å². The smallest absolute Gasteiger partial charge is 0.418 e. The minimum Gasteiger partial charge on any atom is -0.427 e. The molecule has 318 valence electrons. The number of fused-ring (bicyclic) bond motifs is 2. The first-order valence-electron chi connectivity index (χ1n) is 20.8. The lowest BCUT2D eigenvalue weighted by molar-refractivity contribution is -0.187. The topological polar surface area (TPSA) is 108 Å². The molecule has 0 bridgehead atoms. The molecule has 1 saturated heterocycles. The number of aryl methyl sites for hydroxylation is 2. The zero-order valence-electron chi connectivity index (χ0n) is 33.9. The molecule has 4 aromatic rings. The van der Waals surface area contributed by atoms with E-state index in [0.29, 0.717) is 41.2 Å². The Hall–Kier alpha value is -5.72. The number of alkyl halides is 3. The Morgan fingerprint density at radius 3 is 2.13 bits per heavy atom. The summed E-state index contributed by atoms with van der Waals surface area (Å²) >= 11 is 0. The summed E-state index contributed by atoms with van der Waals surface area (Å²) in [5.41, 5.74) is 3.82. The van der Waals surface area contributed by atoms with E-state index in [1.54, 1.807) is 12.1 Å². The van der Waals surface area contributed by atoms with Crippen molar-refractivity contribution in [2.45, 2.75) is 108 Å². The fourth-order valence-corrected chi connectivity index (χ4v) is 7.87. The predicted molar refractivity (Wildman–Crippen MR) is 221 cm³/mol.